The van der Waals surface area contributed by atoms with Crippen LogP contribution in [0.5, 0.6) is 0 Å². The molecule has 0 spiro atoms. The normalized spacial score (nSPS) is 32.3. The smallest absolute Gasteiger partial charge is 0.407 e. The van der Waals surface area contributed by atoms with Crippen LogP contribution in [0.15, 0.2) is 30.3 Å². The Morgan fingerprint density at radius 3 is 2.57 bits per heavy atom. The number of rotatable bonds is 5. The SMILES string of the molecule is C[Si](C)(C)[C@@H]1[C@H]2[C@@H](CO)C[C@@H](NC(=O)OCc3ccccc3)[C@@H]21. The number of nitrogens with one attached hydrogen (secondary N) is 1. The predicted molar refractivity (Wildman–Crippen MR) is 92.8 cm³/mol. The number of amides is 1. The lowest BCUT2D eigenvalue weighted by Gasteiger charge is -2.25. The minimum atomic E-state index is -1.24. The third-order valence-corrected chi connectivity index (χ3v) is 8.22. The summed E-state index contributed by atoms with van der Waals surface area (Å²) in [6.07, 6.45) is 0.546. The van der Waals surface area contributed by atoms with E-state index in [1.807, 2.05) is 30.3 Å². The average molecular weight is 334 g/mol. The van der Waals surface area contributed by atoms with Crippen molar-refractivity contribution in [3.8, 4) is 0 Å². The van der Waals surface area contributed by atoms with Gasteiger partial charge in [-0.25, -0.2) is 4.79 Å². The molecule has 2 saturated carbocycles. The van der Waals surface area contributed by atoms with Crippen LogP contribution in [0.1, 0.15) is 12.0 Å². The summed E-state index contributed by atoms with van der Waals surface area (Å²) >= 11 is 0. The molecule has 0 bridgehead atoms. The molecule has 5 atom stereocenters. The number of aliphatic hydroxyl groups excluding tert-OH is 1. The molecule has 0 unspecified atom stereocenters. The number of ether oxygens (including phenoxy) is 1. The maximum absolute atomic E-state index is 12.1. The molecule has 3 rings (SSSR count). The van der Waals surface area contributed by atoms with Crippen molar-refractivity contribution in [3.63, 3.8) is 0 Å². The summed E-state index contributed by atoms with van der Waals surface area (Å²) < 4.78 is 5.35. The lowest BCUT2D eigenvalue weighted by Crippen LogP contribution is -2.38. The lowest BCUT2D eigenvalue weighted by atomic mass is 10.0. The molecule has 0 radical (unpaired) electrons. The molecular weight excluding hydrogens is 306 g/mol. The molecule has 1 aromatic rings. The molecular formula is C18H27NO3Si. The molecule has 0 heterocycles. The number of aliphatic hydroxyl groups is 1. The van der Waals surface area contributed by atoms with Gasteiger partial charge in [0.25, 0.3) is 0 Å². The highest BCUT2D eigenvalue weighted by molar-refractivity contribution is 6.78. The third kappa shape index (κ3) is 3.45. The molecule has 4 nitrogen and oxygen atoms in total. The number of hydrogen-bond donors (Lipinski definition) is 2. The molecule has 23 heavy (non-hydrogen) atoms. The highest BCUT2D eigenvalue weighted by atomic mass is 28.3. The monoisotopic (exact) mass is 333 g/mol. The molecule has 0 aliphatic heterocycles. The zero-order chi connectivity index (χ0) is 16.6. The number of hydrogen-bond acceptors (Lipinski definition) is 3. The molecule has 5 heteroatoms. The van der Waals surface area contributed by atoms with Crippen LogP contribution in [0.4, 0.5) is 4.79 Å². The van der Waals surface area contributed by atoms with Gasteiger partial charge in [-0.05, 0) is 35.3 Å². The van der Waals surface area contributed by atoms with Crippen molar-refractivity contribution in [2.24, 2.45) is 17.8 Å². The third-order valence-electron chi connectivity index (χ3n) is 5.45. The van der Waals surface area contributed by atoms with Crippen molar-refractivity contribution in [1.29, 1.82) is 0 Å². The predicted octanol–water partition coefficient (Wildman–Crippen LogP) is 3.25. The van der Waals surface area contributed by atoms with Gasteiger partial charge in [0.2, 0.25) is 0 Å². The number of fused-ring (bicyclic) bond motifs is 1. The summed E-state index contributed by atoms with van der Waals surface area (Å²) in [5.41, 5.74) is 1.71. The Bertz CT molecular complexity index is 557. The first kappa shape index (κ1) is 16.5. The van der Waals surface area contributed by atoms with E-state index < -0.39 is 8.07 Å². The molecule has 126 valence electrons. The summed E-state index contributed by atoms with van der Waals surface area (Å²) in [7, 11) is -1.24. The largest absolute Gasteiger partial charge is 0.445 e. The van der Waals surface area contributed by atoms with Crippen LogP contribution in [0.3, 0.4) is 0 Å². The zero-order valence-corrected chi connectivity index (χ0v) is 15.2. The number of alkyl carbamates (subject to hydrolysis) is 1. The first-order chi connectivity index (χ1) is 10.9. The second kappa shape index (κ2) is 6.28. The minimum Gasteiger partial charge on any atom is -0.445 e. The van der Waals surface area contributed by atoms with Crippen molar-refractivity contribution in [2.75, 3.05) is 6.61 Å². The van der Waals surface area contributed by atoms with Crippen LogP contribution >= 0.6 is 0 Å². The zero-order valence-electron chi connectivity index (χ0n) is 14.2. The van der Waals surface area contributed by atoms with E-state index >= 15 is 0 Å². The van der Waals surface area contributed by atoms with Crippen molar-refractivity contribution >= 4 is 14.2 Å². The van der Waals surface area contributed by atoms with Gasteiger partial charge in [0.1, 0.15) is 6.61 Å². The molecule has 2 fully saturated rings. The molecule has 1 aromatic carbocycles. The molecule has 0 saturated heterocycles. The maximum atomic E-state index is 12.1. The standard InChI is InChI=1S/C18H27NO3Si/c1-23(2,3)17-15-13(10-20)9-14(16(15)17)19-18(21)22-11-12-7-5-4-6-8-12/h4-8,13-17,20H,9-11H2,1-3H3,(H,19,21)/t13-,14-,15+,16+,17-/m1/s1. The Kier molecular flexibility index (Phi) is 4.51. The summed E-state index contributed by atoms with van der Waals surface area (Å²) in [6.45, 7) is 7.69. The Labute approximate surface area is 139 Å². The summed E-state index contributed by atoms with van der Waals surface area (Å²) in [6, 6.07) is 9.88. The van der Waals surface area contributed by atoms with Crippen molar-refractivity contribution < 1.29 is 14.6 Å². The first-order valence-electron chi connectivity index (χ1n) is 8.50. The van der Waals surface area contributed by atoms with Crippen molar-refractivity contribution in [1.82, 2.24) is 5.32 Å². The summed E-state index contributed by atoms with van der Waals surface area (Å²) in [5, 5.41) is 12.7. The van der Waals surface area contributed by atoms with E-state index in [0.29, 0.717) is 29.9 Å². The fourth-order valence-electron chi connectivity index (χ4n) is 4.55. The Balaban J connectivity index is 1.54. The van der Waals surface area contributed by atoms with E-state index in [4.69, 9.17) is 4.74 Å². The highest BCUT2D eigenvalue weighted by Gasteiger charge is 2.66. The number of benzene rings is 1. The fraction of sp³-hybridized carbons (Fsp3) is 0.611. The Morgan fingerprint density at radius 2 is 1.96 bits per heavy atom. The van der Waals surface area contributed by atoms with Gasteiger partial charge >= 0.3 is 6.09 Å². The summed E-state index contributed by atoms with van der Waals surface area (Å²) in [4.78, 5) is 12.1. The van der Waals surface area contributed by atoms with Crippen molar-refractivity contribution in [2.45, 2.75) is 44.3 Å². The molecule has 2 aliphatic carbocycles. The van der Waals surface area contributed by atoms with Gasteiger partial charge < -0.3 is 15.2 Å². The Morgan fingerprint density at radius 1 is 1.26 bits per heavy atom. The van der Waals surface area contributed by atoms with Gasteiger partial charge in [0, 0.05) is 20.7 Å². The first-order valence-corrected chi connectivity index (χ1v) is 12.1. The van der Waals surface area contributed by atoms with Crippen LogP contribution in [-0.2, 0) is 11.3 Å². The van der Waals surface area contributed by atoms with E-state index in [-0.39, 0.29) is 18.7 Å². The van der Waals surface area contributed by atoms with Crippen LogP contribution in [0.2, 0.25) is 25.2 Å². The minimum absolute atomic E-state index is 0.164. The van der Waals surface area contributed by atoms with Gasteiger partial charge in [-0.1, -0.05) is 50.0 Å². The van der Waals surface area contributed by atoms with Gasteiger partial charge in [-0.3, -0.25) is 0 Å². The molecule has 2 aliphatic rings. The topological polar surface area (TPSA) is 58.6 Å². The van der Waals surface area contributed by atoms with Gasteiger partial charge in [-0.15, -0.1) is 0 Å². The van der Waals surface area contributed by atoms with Crippen LogP contribution in [-0.4, -0.2) is 31.9 Å². The molecule has 2 N–H and O–H groups in total. The van der Waals surface area contributed by atoms with Gasteiger partial charge in [-0.2, -0.15) is 0 Å². The van der Waals surface area contributed by atoms with E-state index in [2.05, 4.69) is 25.0 Å². The van der Waals surface area contributed by atoms with E-state index in [9.17, 15) is 9.90 Å². The van der Waals surface area contributed by atoms with Gasteiger partial charge in [0.05, 0.1) is 0 Å². The van der Waals surface area contributed by atoms with E-state index in [0.717, 1.165) is 12.0 Å². The average Bonchev–Trinajstić information content (AvgIpc) is 3.18. The van der Waals surface area contributed by atoms with E-state index in [1.165, 1.54) is 0 Å². The molecule has 0 aromatic heterocycles. The van der Waals surface area contributed by atoms with Crippen LogP contribution in [0, 0.1) is 17.8 Å². The van der Waals surface area contributed by atoms with Crippen molar-refractivity contribution in [3.05, 3.63) is 35.9 Å². The number of carbonyl (C=O) groups is 1. The maximum Gasteiger partial charge on any atom is 0.407 e. The molecule has 1 amide bonds. The second-order valence-electron chi connectivity index (χ2n) is 8.04. The van der Waals surface area contributed by atoms with Crippen LogP contribution < -0.4 is 5.32 Å². The second-order valence-corrected chi connectivity index (χ2v) is 13.4. The summed E-state index contributed by atoms with van der Waals surface area (Å²) in [5.74, 6) is 1.49. The highest BCUT2D eigenvalue weighted by Crippen LogP contribution is 2.68. The van der Waals surface area contributed by atoms with Gasteiger partial charge in [0.15, 0.2) is 0 Å². The Hall–Kier alpha value is -1.33. The lowest BCUT2D eigenvalue weighted by molar-refractivity contribution is 0.133. The fourth-order valence-corrected chi connectivity index (χ4v) is 7.70. The van der Waals surface area contributed by atoms with E-state index in [1.54, 1.807) is 0 Å². The quantitative estimate of drug-likeness (QED) is 0.813. The van der Waals surface area contributed by atoms with Crippen LogP contribution in [0.25, 0.3) is 0 Å². The number of carbonyl (C=O) groups excluding carboxylic acids is 1.